The molecule has 0 spiro atoms. The highest BCUT2D eigenvalue weighted by atomic mass is 32.2. The summed E-state index contributed by atoms with van der Waals surface area (Å²) in [4.78, 5) is 17.0. The molecule has 3 aromatic heterocycles. The normalized spacial score (nSPS) is 12.6. The molecule has 23 heavy (non-hydrogen) atoms. The summed E-state index contributed by atoms with van der Waals surface area (Å²) < 4.78 is 28.9. The van der Waals surface area contributed by atoms with Crippen LogP contribution in [0.3, 0.4) is 0 Å². The molecule has 7 nitrogen and oxygen atoms in total. The highest BCUT2D eigenvalue weighted by molar-refractivity contribution is 7.89. The quantitative estimate of drug-likeness (QED) is 0.655. The molecular formula is C15H20N4O3S. The number of aromatic nitrogens is 3. The molecule has 1 N–H and O–H groups in total. The zero-order chi connectivity index (χ0) is 16.6. The second-order valence-electron chi connectivity index (χ2n) is 5.59. The fourth-order valence-corrected chi connectivity index (χ4v) is 3.48. The van der Waals surface area contributed by atoms with Crippen molar-refractivity contribution < 1.29 is 8.42 Å². The van der Waals surface area contributed by atoms with Crippen LogP contribution in [-0.2, 0) is 16.6 Å². The average molecular weight is 336 g/mol. The molecule has 0 amide bonds. The zero-order valence-electron chi connectivity index (χ0n) is 13.2. The average Bonchev–Trinajstić information content (AvgIpc) is 3.00. The summed E-state index contributed by atoms with van der Waals surface area (Å²) in [5, 5.41) is 0. The summed E-state index contributed by atoms with van der Waals surface area (Å²) in [5.74, 6) is 0.0847. The van der Waals surface area contributed by atoms with Gasteiger partial charge in [-0.25, -0.2) is 18.1 Å². The third-order valence-electron chi connectivity index (χ3n) is 4.03. The fraction of sp³-hybridized carbons (Fsp3) is 0.467. The van der Waals surface area contributed by atoms with Gasteiger partial charge in [0.2, 0.25) is 10.0 Å². The zero-order valence-corrected chi connectivity index (χ0v) is 14.1. The van der Waals surface area contributed by atoms with E-state index in [1.807, 2.05) is 29.5 Å². The monoisotopic (exact) mass is 336 g/mol. The van der Waals surface area contributed by atoms with E-state index in [2.05, 4.69) is 9.71 Å². The highest BCUT2D eigenvalue weighted by Crippen LogP contribution is 2.17. The summed E-state index contributed by atoms with van der Waals surface area (Å²) in [6.07, 6.45) is 1.41. The number of imidazole rings is 2. The van der Waals surface area contributed by atoms with Crippen LogP contribution in [0.25, 0.3) is 16.8 Å². The van der Waals surface area contributed by atoms with Gasteiger partial charge in [-0.1, -0.05) is 6.07 Å². The first-order chi connectivity index (χ1) is 10.9. The molecule has 0 unspecified atom stereocenters. The first-order valence-corrected chi connectivity index (χ1v) is 9.37. The van der Waals surface area contributed by atoms with E-state index in [1.165, 1.54) is 0 Å². The van der Waals surface area contributed by atoms with E-state index in [4.69, 9.17) is 0 Å². The maximum Gasteiger partial charge on any atom is 0.278 e. The number of nitrogens with zero attached hydrogens (tertiary/aromatic N) is 3. The van der Waals surface area contributed by atoms with Gasteiger partial charge in [-0.05, 0) is 38.8 Å². The van der Waals surface area contributed by atoms with Crippen LogP contribution in [0.15, 0.2) is 23.0 Å². The summed E-state index contributed by atoms with van der Waals surface area (Å²) in [7, 11) is -3.15. The Labute approximate surface area is 134 Å². The Morgan fingerprint density at radius 3 is 2.78 bits per heavy atom. The predicted octanol–water partition coefficient (Wildman–Crippen LogP) is 1.11. The van der Waals surface area contributed by atoms with Gasteiger partial charge in [-0.15, -0.1) is 0 Å². The highest BCUT2D eigenvalue weighted by Gasteiger charge is 2.17. The van der Waals surface area contributed by atoms with Crippen molar-refractivity contribution in [2.75, 3.05) is 12.3 Å². The third kappa shape index (κ3) is 2.84. The molecule has 0 saturated heterocycles. The second kappa shape index (κ2) is 5.93. The molecule has 0 saturated carbocycles. The molecule has 0 aliphatic carbocycles. The van der Waals surface area contributed by atoms with Gasteiger partial charge in [-0.3, -0.25) is 13.8 Å². The Hall–Kier alpha value is -1.93. The van der Waals surface area contributed by atoms with Crippen LogP contribution in [0.4, 0.5) is 0 Å². The first-order valence-electron chi connectivity index (χ1n) is 7.72. The van der Waals surface area contributed by atoms with Crippen LogP contribution < -0.4 is 10.3 Å². The molecule has 3 rings (SSSR count). The van der Waals surface area contributed by atoms with Crippen molar-refractivity contribution in [2.45, 2.75) is 33.2 Å². The van der Waals surface area contributed by atoms with Gasteiger partial charge < -0.3 is 0 Å². The maximum atomic E-state index is 12.6. The van der Waals surface area contributed by atoms with E-state index in [1.54, 1.807) is 11.5 Å². The van der Waals surface area contributed by atoms with E-state index in [0.29, 0.717) is 25.0 Å². The Kier molecular flexibility index (Phi) is 4.11. The van der Waals surface area contributed by atoms with E-state index >= 15 is 0 Å². The summed E-state index contributed by atoms with van der Waals surface area (Å²) >= 11 is 0. The van der Waals surface area contributed by atoms with Gasteiger partial charge in [0, 0.05) is 13.1 Å². The van der Waals surface area contributed by atoms with Crippen LogP contribution in [0.5, 0.6) is 0 Å². The lowest BCUT2D eigenvalue weighted by atomic mass is 10.3. The molecule has 0 atom stereocenters. The number of unbranched alkanes of at least 4 members (excludes halogenated alkanes) is 1. The number of sulfonamides is 1. The SMILES string of the molecule is CCS(=O)(=O)NCCCCn1c(=O)c2c(C)nc3cccc1n32. The number of aryl methyl sites for hydroxylation is 2. The molecule has 8 heteroatoms. The summed E-state index contributed by atoms with van der Waals surface area (Å²) in [5.41, 5.74) is 2.94. The van der Waals surface area contributed by atoms with E-state index in [9.17, 15) is 13.2 Å². The summed E-state index contributed by atoms with van der Waals surface area (Å²) in [6, 6.07) is 5.68. The van der Waals surface area contributed by atoms with E-state index in [0.717, 1.165) is 23.4 Å². The maximum absolute atomic E-state index is 12.6. The lowest BCUT2D eigenvalue weighted by molar-refractivity contribution is 0.568. The van der Waals surface area contributed by atoms with Crippen LogP contribution >= 0.6 is 0 Å². The van der Waals surface area contributed by atoms with Crippen molar-refractivity contribution in [3.8, 4) is 0 Å². The van der Waals surface area contributed by atoms with E-state index in [-0.39, 0.29) is 11.3 Å². The lowest BCUT2D eigenvalue weighted by Gasteiger charge is -2.06. The van der Waals surface area contributed by atoms with E-state index < -0.39 is 10.0 Å². The molecule has 0 aromatic carbocycles. The number of nitrogens with one attached hydrogen (secondary N) is 1. The molecule has 0 radical (unpaired) electrons. The second-order valence-corrected chi connectivity index (χ2v) is 7.68. The van der Waals surface area contributed by atoms with Crippen molar-refractivity contribution >= 4 is 26.8 Å². The minimum absolute atomic E-state index is 0.0367. The van der Waals surface area contributed by atoms with Crippen molar-refractivity contribution in [3.63, 3.8) is 0 Å². The van der Waals surface area contributed by atoms with Crippen LogP contribution in [0, 0.1) is 6.92 Å². The standard InChI is InChI=1S/C15H20N4O3S/c1-3-23(21,22)16-9-4-5-10-18-13-8-6-7-12-17-11(2)14(15(18)20)19(12)13/h6-8,16H,3-5,9-10H2,1-2H3. The molecule has 0 fully saturated rings. The predicted molar refractivity (Wildman–Crippen MR) is 89.6 cm³/mol. The van der Waals surface area contributed by atoms with Gasteiger partial charge in [0.05, 0.1) is 11.4 Å². The Morgan fingerprint density at radius 2 is 2.04 bits per heavy atom. The van der Waals surface area contributed by atoms with Crippen LogP contribution in [-0.4, -0.2) is 34.7 Å². The lowest BCUT2D eigenvalue weighted by Crippen LogP contribution is -2.26. The van der Waals surface area contributed by atoms with Gasteiger partial charge >= 0.3 is 0 Å². The Morgan fingerprint density at radius 1 is 1.26 bits per heavy atom. The van der Waals surface area contributed by atoms with Crippen molar-refractivity contribution in [1.29, 1.82) is 0 Å². The van der Waals surface area contributed by atoms with Gasteiger partial charge in [0.1, 0.15) is 16.8 Å². The third-order valence-corrected chi connectivity index (χ3v) is 5.44. The minimum Gasteiger partial charge on any atom is -0.292 e. The molecular weight excluding hydrogens is 316 g/mol. The summed E-state index contributed by atoms with van der Waals surface area (Å²) in [6.45, 7) is 4.41. The molecule has 0 aliphatic heterocycles. The van der Waals surface area contributed by atoms with Crippen LogP contribution in [0.1, 0.15) is 25.5 Å². The molecule has 0 bridgehead atoms. The topological polar surface area (TPSA) is 85.5 Å². The molecule has 0 aliphatic rings. The number of hydrogen-bond donors (Lipinski definition) is 1. The molecule has 124 valence electrons. The van der Waals surface area contributed by atoms with Crippen molar-refractivity contribution in [3.05, 3.63) is 34.2 Å². The van der Waals surface area contributed by atoms with Crippen molar-refractivity contribution in [2.24, 2.45) is 0 Å². The number of hydrogen-bond acceptors (Lipinski definition) is 4. The van der Waals surface area contributed by atoms with Crippen LogP contribution in [0.2, 0.25) is 0 Å². The number of pyridine rings is 1. The fourth-order valence-electron chi connectivity index (χ4n) is 2.82. The Balaban J connectivity index is 1.75. The smallest absolute Gasteiger partial charge is 0.278 e. The van der Waals surface area contributed by atoms with Gasteiger partial charge in [0.15, 0.2) is 0 Å². The van der Waals surface area contributed by atoms with Gasteiger partial charge in [-0.2, -0.15) is 0 Å². The molecule has 3 aromatic rings. The van der Waals surface area contributed by atoms with Crippen molar-refractivity contribution in [1.82, 2.24) is 18.7 Å². The minimum atomic E-state index is -3.15. The molecule has 3 heterocycles. The first kappa shape index (κ1) is 15.9. The van der Waals surface area contributed by atoms with Gasteiger partial charge in [0.25, 0.3) is 5.56 Å². The number of rotatable bonds is 7. The Bertz CT molecular complexity index is 987. The largest absolute Gasteiger partial charge is 0.292 e.